The zero-order valence-corrected chi connectivity index (χ0v) is 11.8. The first-order valence-electron chi connectivity index (χ1n) is 7.17. The summed E-state index contributed by atoms with van der Waals surface area (Å²) >= 11 is 0. The van der Waals surface area contributed by atoms with Gasteiger partial charge in [-0.15, -0.1) is 0 Å². The third kappa shape index (κ3) is 6.06. The van der Waals surface area contributed by atoms with Crippen molar-refractivity contribution < 1.29 is 9.78 Å². The topological polar surface area (TPSA) is 18.5 Å². The fourth-order valence-electron chi connectivity index (χ4n) is 2.15. The predicted molar refractivity (Wildman–Crippen MR) is 75.8 cm³/mol. The highest BCUT2D eigenvalue weighted by atomic mass is 17.2. The molecule has 0 aliphatic carbocycles. The molecule has 0 heterocycles. The van der Waals surface area contributed by atoms with Crippen molar-refractivity contribution in [1.29, 1.82) is 0 Å². The largest absolute Gasteiger partial charge is 0.338 e. The molecule has 2 nitrogen and oxygen atoms in total. The first-order valence-corrected chi connectivity index (χ1v) is 7.17. The maximum absolute atomic E-state index is 5.15. The zero-order valence-electron chi connectivity index (χ0n) is 11.8. The maximum atomic E-state index is 5.15. The van der Waals surface area contributed by atoms with Crippen LogP contribution in [-0.2, 0) is 11.3 Å². The Morgan fingerprint density at radius 3 is 2.28 bits per heavy atom. The molecule has 0 saturated heterocycles. The average Bonchev–Trinajstić information content (AvgIpc) is 2.40. The second-order valence-corrected chi connectivity index (χ2v) is 4.73. The number of hydrogen-bond donors (Lipinski definition) is 0. The maximum Gasteiger partial charge on any atom is 0.168 e. The molecule has 0 bridgehead atoms. The Labute approximate surface area is 111 Å². The molecule has 102 valence electrons. The van der Waals surface area contributed by atoms with Crippen LogP contribution in [0.5, 0.6) is 5.75 Å². The van der Waals surface area contributed by atoms with E-state index in [2.05, 4.69) is 19.1 Å². The van der Waals surface area contributed by atoms with E-state index in [-0.39, 0.29) is 0 Å². The Hall–Kier alpha value is -1.02. The Morgan fingerprint density at radius 1 is 0.889 bits per heavy atom. The number of rotatable bonds is 10. The highest BCUT2D eigenvalue weighted by molar-refractivity contribution is 5.32. The Balaban J connectivity index is 2.18. The number of unbranched alkanes of at least 4 members (excludes halogenated alkanes) is 6. The molecule has 0 aliphatic rings. The Bertz CT molecular complexity index is 310. The van der Waals surface area contributed by atoms with E-state index < -0.39 is 0 Å². The minimum atomic E-state index is 0.853. The van der Waals surface area contributed by atoms with Crippen LogP contribution in [-0.4, -0.2) is 7.11 Å². The predicted octanol–water partition coefficient (Wildman–Crippen LogP) is 4.92. The van der Waals surface area contributed by atoms with Crippen molar-refractivity contribution in [1.82, 2.24) is 0 Å². The van der Waals surface area contributed by atoms with Gasteiger partial charge in [0.2, 0.25) is 0 Å². The summed E-state index contributed by atoms with van der Waals surface area (Å²) in [4.78, 5) is 9.89. The van der Waals surface area contributed by atoms with Gasteiger partial charge in [-0.25, -0.2) is 0 Å². The molecule has 1 rings (SSSR count). The number of aryl methyl sites for hydroxylation is 1. The summed E-state index contributed by atoms with van der Waals surface area (Å²) in [5.74, 6) is 0.853. The molecule has 2 heteroatoms. The van der Waals surface area contributed by atoms with Gasteiger partial charge in [-0.05, 0) is 24.5 Å². The fraction of sp³-hybridized carbons (Fsp3) is 0.625. The lowest BCUT2D eigenvalue weighted by Gasteiger charge is -2.08. The van der Waals surface area contributed by atoms with Gasteiger partial charge in [0.25, 0.3) is 0 Å². The molecule has 0 amide bonds. The van der Waals surface area contributed by atoms with Crippen LogP contribution in [0, 0.1) is 0 Å². The van der Waals surface area contributed by atoms with Gasteiger partial charge < -0.3 is 4.89 Å². The number of benzene rings is 1. The third-order valence-electron chi connectivity index (χ3n) is 3.20. The normalized spacial score (nSPS) is 10.6. The van der Waals surface area contributed by atoms with Crippen LogP contribution >= 0.6 is 0 Å². The summed E-state index contributed by atoms with van der Waals surface area (Å²) in [7, 11) is 1.55. The van der Waals surface area contributed by atoms with E-state index in [1.165, 1.54) is 50.5 Å². The molecule has 0 radical (unpaired) electrons. The van der Waals surface area contributed by atoms with Crippen LogP contribution in [0.25, 0.3) is 0 Å². The van der Waals surface area contributed by atoms with Crippen molar-refractivity contribution in [2.45, 2.75) is 58.3 Å². The molecular weight excluding hydrogens is 224 g/mol. The molecule has 0 aliphatic heterocycles. The van der Waals surface area contributed by atoms with E-state index in [4.69, 9.17) is 9.78 Å². The summed E-state index contributed by atoms with van der Waals surface area (Å²) in [6, 6.07) is 8.10. The first kappa shape index (κ1) is 15.0. The van der Waals surface area contributed by atoms with E-state index in [0.717, 1.165) is 12.2 Å². The van der Waals surface area contributed by atoms with Crippen molar-refractivity contribution in [3.05, 3.63) is 29.8 Å². The van der Waals surface area contributed by atoms with Crippen LogP contribution in [0.15, 0.2) is 24.3 Å². The highest BCUT2D eigenvalue weighted by Gasteiger charge is 2.03. The van der Waals surface area contributed by atoms with Crippen LogP contribution < -0.4 is 4.89 Å². The van der Waals surface area contributed by atoms with E-state index in [1.807, 2.05) is 12.1 Å². The van der Waals surface area contributed by atoms with E-state index in [0.29, 0.717) is 0 Å². The molecule has 0 unspecified atom stereocenters. The fourth-order valence-corrected chi connectivity index (χ4v) is 2.15. The van der Waals surface area contributed by atoms with Gasteiger partial charge in [-0.3, -0.25) is 0 Å². The van der Waals surface area contributed by atoms with Crippen LogP contribution in [0.3, 0.4) is 0 Å². The summed E-state index contributed by atoms with van der Waals surface area (Å²) in [6.45, 7) is 2.26. The minimum Gasteiger partial charge on any atom is -0.338 e. The molecule has 1 aromatic carbocycles. The van der Waals surface area contributed by atoms with Crippen molar-refractivity contribution in [3.63, 3.8) is 0 Å². The van der Waals surface area contributed by atoms with Crippen molar-refractivity contribution >= 4 is 0 Å². The summed E-state index contributed by atoms with van der Waals surface area (Å²) in [5.41, 5.74) is 1.24. The standard InChI is InChI=1S/C16H26O2/c1-3-4-5-6-7-8-9-12-15-13-10-11-14-16(15)18-17-2/h10-11,13-14H,3-9,12H2,1-2H3. The van der Waals surface area contributed by atoms with Crippen molar-refractivity contribution in [2.75, 3.05) is 7.11 Å². The van der Waals surface area contributed by atoms with Gasteiger partial charge >= 0.3 is 0 Å². The molecule has 0 atom stereocenters. The second-order valence-electron chi connectivity index (χ2n) is 4.73. The number of hydrogen-bond acceptors (Lipinski definition) is 2. The van der Waals surface area contributed by atoms with Crippen molar-refractivity contribution in [3.8, 4) is 5.75 Å². The summed E-state index contributed by atoms with van der Waals surface area (Å²) < 4.78 is 0. The van der Waals surface area contributed by atoms with Gasteiger partial charge in [-0.1, -0.05) is 63.6 Å². The van der Waals surface area contributed by atoms with Crippen molar-refractivity contribution in [2.24, 2.45) is 0 Å². The van der Waals surface area contributed by atoms with Crippen LogP contribution in [0.1, 0.15) is 57.4 Å². The molecule has 1 aromatic rings. The minimum absolute atomic E-state index is 0.853. The molecule has 0 aromatic heterocycles. The molecule has 0 N–H and O–H groups in total. The van der Waals surface area contributed by atoms with Gasteiger partial charge in [-0.2, -0.15) is 4.89 Å². The summed E-state index contributed by atoms with van der Waals surface area (Å²) in [6.07, 6.45) is 10.4. The van der Waals surface area contributed by atoms with E-state index in [1.54, 1.807) is 7.11 Å². The molecule has 18 heavy (non-hydrogen) atoms. The smallest absolute Gasteiger partial charge is 0.168 e. The highest BCUT2D eigenvalue weighted by Crippen LogP contribution is 2.20. The monoisotopic (exact) mass is 250 g/mol. The van der Waals surface area contributed by atoms with Crippen LogP contribution in [0.4, 0.5) is 0 Å². The lowest BCUT2D eigenvalue weighted by Crippen LogP contribution is -1.96. The lowest BCUT2D eigenvalue weighted by atomic mass is 10.0. The van der Waals surface area contributed by atoms with E-state index >= 15 is 0 Å². The zero-order chi connectivity index (χ0) is 13.1. The van der Waals surface area contributed by atoms with Gasteiger partial charge in [0.1, 0.15) is 0 Å². The first-order chi connectivity index (χ1) is 8.88. The van der Waals surface area contributed by atoms with Gasteiger partial charge in [0, 0.05) is 0 Å². The number of para-hydroxylation sites is 1. The third-order valence-corrected chi connectivity index (χ3v) is 3.20. The van der Waals surface area contributed by atoms with Gasteiger partial charge in [0.15, 0.2) is 5.75 Å². The quantitative estimate of drug-likeness (QED) is 0.333. The molecule has 0 saturated carbocycles. The SMILES string of the molecule is CCCCCCCCCc1ccccc1OOC. The van der Waals surface area contributed by atoms with Gasteiger partial charge in [0.05, 0.1) is 7.11 Å². The molecular formula is C16H26O2. The van der Waals surface area contributed by atoms with E-state index in [9.17, 15) is 0 Å². The molecule has 0 fully saturated rings. The Morgan fingerprint density at radius 2 is 1.56 bits per heavy atom. The van der Waals surface area contributed by atoms with Crippen LogP contribution in [0.2, 0.25) is 0 Å². The molecule has 0 spiro atoms. The summed E-state index contributed by atoms with van der Waals surface area (Å²) in [5, 5.41) is 0. The average molecular weight is 250 g/mol. The Kier molecular flexibility index (Phi) is 8.32. The lowest BCUT2D eigenvalue weighted by molar-refractivity contribution is -0.178. The second kappa shape index (κ2) is 9.95.